The Labute approximate surface area is 95.4 Å². The van der Waals surface area contributed by atoms with E-state index in [0.717, 1.165) is 31.6 Å². The summed E-state index contributed by atoms with van der Waals surface area (Å²) in [5, 5.41) is 3.09. The Morgan fingerprint density at radius 2 is 2.12 bits per heavy atom. The van der Waals surface area contributed by atoms with Crippen molar-refractivity contribution in [3.63, 3.8) is 0 Å². The molecular formula is C12H17N3O. The van der Waals surface area contributed by atoms with Crippen LogP contribution in [0.4, 0.5) is 11.4 Å². The minimum absolute atomic E-state index is 0.167. The SMILES string of the molecule is Nc1cccc(NCC(=O)N2CCCC2)c1. The lowest BCUT2D eigenvalue weighted by Gasteiger charge is -2.16. The second-order valence-electron chi connectivity index (χ2n) is 4.07. The van der Waals surface area contributed by atoms with Crippen LogP contribution in [0, 0.1) is 0 Å². The van der Waals surface area contributed by atoms with Crippen LogP contribution in [0.15, 0.2) is 24.3 Å². The second-order valence-corrected chi connectivity index (χ2v) is 4.07. The Hall–Kier alpha value is -1.71. The van der Waals surface area contributed by atoms with E-state index in [1.165, 1.54) is 0 Å². The number of carbonyl (C=O) groups excluding carboxylic acids is 1. The molecule has 0 radical (unpaired) electrons. The zero-order valence-corrected chi connectivity index (χ0v) is 9.28. The number of nitrogens with zero attached hydrogens (tertiary/aromatic N) is 1. The molecule has 1 saturated heterocycles. The summed E-state index contributed by atoms with van der Waals surface area (Å²) in [6, 6.07) is 7.44. The highest BCUT2D eigenvalue weighted by Crippen LogP contribution is 2.12. The molecule has 0 spiro atoms. The first-order valence-corrected chi connectivity index (χ1v) is 5.63. The molecule has 0 saturated carbocycles. The summed E-state index contributed by atoms with van der Waals surface area (Å²) >= 11 is 0. The van der Waals surface area contributed by atoms with Crippen molar-refractivity contribution in [2.45, 2.75) is 12.8 Å². The largest absolute Gasteiger partial charge is 0.399 e. The number of likely N-dealkylation sites (tertiary alicyclic amines) is 1. The van der Waals surface area contributed by atoms with Gasteiger partial charge in [0.05, 0.1) is 6.54 Å². The number of benzene rings is 1. The molecule has 0 bridgehead atoms. The van der Waals surface area contributed by atoms with Gasteiger partial charge in [-0.3, -0.25) is 4.79 Å². The third kappa shape index (κ3) is 2.66. The molecule has 4 nitrogen and oxygen atoms in total. The van der Waals surface area contributed by atoms with Gasteiger partial charge in [0.25, 0.3) is 0 Å². The molecule has 2 rings (SSSR count). The van der Waals surface area contributed by atoms with E-state index in [1.807, 2.05) is 29.2 Å². The van der Waals surface area contributed by atoms with Crippen LogP contribution in [0.2, 0.25) is 0 Å². The highest BCUT2D eigenvalue weighted by Gasteiger charge is 2.16. The number of hydrogen-bond donors (Lipinski definition) is 2. The van der Waals surface area contributed by atoms with Crippen LogP contribution >= 0.6 is 0 Å². The summed E-state index contributed by atoms with van der Waals surface area (Å²) in [4.78, 5) is 13.6. The number of nitrogens with two attached hydrogens (primary N) is 1. The molecule has 1 heterocycles. The van der Waals surface area contributed by atoms with Gasteiger partial charge in [0.15, 0.2) is 0 Å². The quantitative estimate of drug-likeness (QED) is 0.753. The topological polar surface area (TPSA) is 58.4 Å². The normalized spacial score (nSPS) is 15.1. The molecule has 16 heavy (non-hydrogen) atoms. The summed E-state index contributed by atoms with van der Waals surface area (Å²) in [7, 11) is 0. The summed E-state index contributed by atoms with van der Waals surface area (Å²) in [6.45, 7) is 2.15. The zero-order chi connectivity index (χ0) is 11.4. The van der Waals surface area contributed by atoms with E-state index in [4.69, 9.17) is 5.73 Å². The number of anilines is 2. The van der Waals surface area contributed by atoms with E-state index in [9.17, 15) is 4.79 Å². The summed E-state index contributed by atoms with van der Waals surface area (Å²) in [5.74, 6) is 0.167. The van der Waals surface area contributed by atoms with E-state index in [0.29, 0.717) is 12.2 Å². The molecule has 3 N–H and O–H groups in total. The maximum atomic E-state index is 11.7. The van der Waals surface area contributed by atoms with Gasteiger partial charge in [0.1, 0.15) is 0 Å². The Morgan fingerprint density at radius 3 is 2.81 bits per heavy atom. The molecule has 1 aromatic rings. The number of rotatable bonds is 3. The van der Waals surface area contributed by atoms with Crippen molar-refractivity contribution < 1.29 is 4.79 Å². The molecule has 1 aromatic carbocycles. The van der Waals surface area contributed by atoms with Crippen molar-refractivity contribution in [3.8, 4) is 0 Å². The summed E-state index contributed by atoms with van der Waals surface area (Å²) in [5.41, 5.74) is 7.25. The van der Waals surface area contributed by atoms with Gasteiger partial charge in [-0.25, -0.2) is 0 Å². The van der Waals surface area contributed by atoms with Crippen molar-refractivity contribution in [2.24, 2.45) is 0 Å². The minimum Gasteiger partial charge on any atom is -0.399 e. The lowest BCUT2D eigenvalue weighted by molar-refractivity contribution is -0.128. The number of nitrogens with one attached hydrogen (secondary N) is 1. The van der Waals surface area contributed by atoms with E-state index in [-0.39, 0.29) is 5.91 Å². The third-order valence-electron chi connectivity index (χ3n) is 2.79. The Kier molecular flexibility index (Phi) is 3.29. The van der Waals surface area contributed by atoms with Crippen molar-refractivity contribution >= 4 is 17.3 Å². The number of amides is 1. The average Bonchev–Trinajstić information content (AvgIpc) is 2.79. The van der Waals surface area contributed by atoms with E-state index >= 15 is 0 Å². The van der Waals surface area contributed by atoms with Crippen LogP contribution < -0.4 is 11.1 Å². The van der Waals surface area contributed by atoms with Gasteiger partial charge in [-0.2, -0.15) is 0 Å². The monoisotopic (exact) mass is 219 g/mol. The van der Waals surface area contributed by atoms with Crippen LogP contribution in [-0.2, 0) is 4.79 Å². The first-order chi connectivity index (χ1) is 7.75. The first-order valence-electron chi connectivity index (χ1n) is 5.63. The van der Waals surface area contributed by atoms with Gasteiger partial charge in [-0.1, -0.05) is 6.07 Å². The maximum absolute atomic E-state index is 11.7. The van der Waals surface area contributed by atoms with Gasteiger partial charge in [-0.05, 0) is 31.0 Å². The molecule has 0 unspecified atom stereocenters. The van der Waals surface area contributed by atoms with E-state index in [2.05, 4.69) is 5.32 Å². The van der Waals surface area contributed by atoms with Crippen molar-refractivity contribution in [2.75, 3.05) is 30.7 Å². The standard InChI is InChI=1S/C12H17N3O/c13-10-4-3-5-11(8-10)14-9-12(16)15-6-1-2-7-15/h3-5,8,14H,1-2,6-7,9,13H2. The number of hydrogen-bond acceptors (Lipinski definition) is 3. The molecular weight excluding hydrogens is 202 g/mol. The number of carbonyl (C=O) groups is 1. The fraction of sp³-hybridized carbons (Fsp3) is 0.417. The lowest BCUT2D eigenvalue weighted by atomic mass is 10.3. The van der Waals surface area contributed by atoms with Crippen molar-refractivity contribution in [1.82, 2.24) is 4.90 Å². The highest BCUT2D eigenvalue weighted by molar-refractivity contribution is 5.81. The third-order valence-corrected chi connectivity index (χ3v) is 2.79. The molecule has 4 heteroatoms. The molecule has 1 aliphatic heterocycles. The van der Waals surface area contributed by atoms with Crippen LogP contribution in [0.1, 0.15) is 12.8 Å². The van der Waals surface area contributed by atoms with Crippen molar-refractivity contribution in [3.05, 3.63) is 24.3 Å². The predicted octanol–water partition coefficient (Wildman–Crippen LogP) is 1.30. The molecule has 1 aliphatic rings. The molecule has 0 aromatic heterocycles. The van der Waals surface area contributed by atoms with Gasteiger partial charge in [-0.15, -0.1) is 0 Å². The van der Waals surface area contributed by atoms with Gasteiger partial charge in [0.2, 0.25) is 5.91 Å². The number of nitrogen functional groups attached to an aromatic ring is 1. The minimum atomic E-state index is 0.167. The summed E-state index contributed by atoms with van der Waals surface area (Å²) in [6.07, 6.45) is 2.26. The average molecular weight is 219 g/mol. The van der Waals surface area contributed by atoms with Gasteiger partial charge < -0.3 is 16.0 Å². The van der Waals surface area contributed by atoms with Crippen LogP contribution in [0.25, 0.3) is 0 Å². The molecule has 0 atom stereocenters. The Morgan fingerprint density at radius 1 is 1.38 bits per heavy atom. The van der Waals surface area contributed by atoms with E-state index in [1.54, 1.807) is 0 Å². The zero-order valence-electron chi connectivity index (χ0n) is 9.28. The molecule has 0 aliphatic carbocycles. The Balaban J connectivity index is 1.84. The fourth-order valence-electron chi connectivity index (χ4n) is 1.90. The highest BCUT2D eigenvalue weighted by atomic mass is 16.2. The first kappa shape index (κ1) is 10.8. The van der Waals surface area contributed by atoms with Crippen LogP contribution in [0.5, 0.6) is 0 Å². The second kappa shape index (κ2) is 4.88. The summed E-state index contributed by atoms with van der Waals surface area (Å²) < 4.78 is 0. The smallest absolute Gasteiger partial charge is 0.241 e. The fourth-order valence-corrected chi connectivity index (χ4v) is 1.90. The molecule has 1 fully saturated rings. The maximum Gasteiger partial charge on any atom is 0.241 e. The van der Waals surface area contributed by atoms with Crippen molar-refractivity contribution in [1.29, 1.82) is 0 Å². The predicted molar refractivity (Wildman–Crippen MR) is 65.2 cm³/mol. The van der Waals surface area contributed by atoms with Crippen LogP contribution in [-0.4, -0.2) is 30.4 Å². The van der Waals surface area contributed by atoms with E-state index < -0.39 is 0 Å². The van der Waals surface area contributed by atoms with Crippen LogP contribution in [0.3, 0.4) is 0 Å². The Bertz CT molecular complexity index is 372. The van der Waals surface area contributed by atoms with Gasteiger partial charge >= 0.3 is 0 Å². The van der Waals surface area contributed by atoms with Gasteiger partial charge in [0, 0.05) is 24.5 Å². The molecule has 86 valence electrons. The molecule has 1 amide bonds. The lowest BCUT2D eigenvalue weighted by Crippen LogP contribution is -2.32.